The van der Waals surface area contributed by atoms with Crippen molar-refractivity contribution in [2.24, 2.45) is 0 Å². The number of nitrogens with zero attached hydrogens (tertiary/aromatic N) is 1. The summed E-state index contributed by atoms with van der Waals surface area (Å²) in [6, 6.07) is 11.5. The first kappa shape index (κ1) is 16.0. The summed E-state index contributed by atoms with van der Waals surface area (Å²) in [5.41, 5.74) is 1.40. The smallest absolute Gasteiger partial charge is 0.234 e. The van der Waals surface area contributed by atoms with Crippen LogP contribution >= 0.6 is 0 Å². The minimum Gasteiger partial charge on any atom is -0.353 e. The van der Waals surface area contributed by atoms with Gasteiger partial charge in [0.15, 0.2) is 0 Å². The van der Waals surface area contributed by atoms with Crippen molar-refractivity contribution in [2.75, 3.05) is 13.1 Å². The number of benzene rings is 1. The topological polar surface area (TPSA) is 32.3 Å². The molecular weight excluding hydrogens is 260 g/mol. The van der Waals surface area contributed by atoms with E-state index in [2.05, 4.69) is 47.5 Å². The molecule has 3 nitrogen and oxygen atoms in total. The van der Waals surface area contributed by atoms with E-state index in [1.165, 1.54) is 18.4 Å². The zero-order valence-corrected chi connectivity index (χ0v) is 13.5. The molecule has 1 aromatic carbocycles. The van der Waals surface area contributed by atoms with Gasteiger partial charge in [0.1, 0.15) is 0 Å². The molecule has 3 heteroatoms. The van der Waals surface area contributed by atoms with Crippen LogP contribution in [0.5, 0.6) is 0 Å². The Bertz CT molecular complexity index is 444. The lowest BCUT2D eigenvalue weighted by atomic mass is 9.87. The molecule has 116 valence electrons. The normalized spacial score (nSPS) is 20.7. The molecule has 1 saturated heterocycles. The first-order valence-electron chi connectivity index (χ1n) is 8.20. The summed E-state index contributed by atoms with van der Waals surface area (Å²) in [5, 5.41) is 3.01. The SMILES string of the molecule is CC[C@@H](c1ccccc1)[C@@H]1CCCN1CC(=O)NC(C)C. The fourth-order valence-electron chi connectivity index (χ4n) is 3.49. The number of hydrogen-bond donors (Lipinski definition) is 1. The van der Waals surface area contributed by atoms with E-state index >= 15 is 0 Å². The van der Waals surface area contributed by atoms with Crippen LogP contribution in [0.25, 0.3) is 0 Å². The number of amides is 1. The predicted molar refractivity (Wildman–Crippen MR) is 87.3 cm³/mol. The molecule has 0 aromatic heterocycles. The van der Waals surface area contributed by atoms with Gasteiger partial charge in [-0.1, -0.05) is 37.3 Å². The van der Waals surface area contributed by atoms with Gasteiger partial charge in [0, 0.05) is 12.1 Å². The van der Waals surface area contributed by atoms with Crippen molar-refractivity contribution in [3.63, 3.8) is 0 Å². The van der Waals surface area contributed by atoms with Crippen LogP contribution in [0, 0.1) is 0 Å². The summed E-state index contributed by atoms with van der Waals surface area (Å²) in [6.07, 6.45) is 3.52. The minimum absolute atomic E-state index is 0.153. The van der Waals surface area contributed by atoms with Crippen molar-refractivity contribution in [3.8, 4) is 0 Å². The average molecular weight is 288 g/mol. The second-order valence-electron chi connectivity index (χ2n) is 6.33. The Kier molecular flexibility index (Phi) is 5.80. The van der Waals surface area contributed by atoms with Gasteiger partial charge in [0.25, 0.3) is 0 Å². The molecule has 1 aliphatic heterocycles. The Morgan fingerprint density at radius 2 is 2.05 bits per heavy atom. The molecule has 0 saturated carbocycles. The second kappa shape index (κ2) is 7.60. The molecule has 0 spiro atoms. The number of hydrogen-bond acceptors (Lipinski definition) is 2. The predicted octanol–water partition coefficient (Wildman–Crippen LogP) is 3.17. The largest absolute Gasteiger partial charge is 0.353 e. The third-order valence-electron chi connectivity index (χ3n) is 4.34. The molecule has 0 bridgehead atoms. The second-order valence-corrected chi connectivity index (χ2v) is 6.33. The van der Waals surface area contributed by atoms with E-state index in [0.717, 1.165) is 13.0 Å². The van der Waals surface area contributed by atoms with Crippen LogP contribution in [0.1, 0.15) is 51.5 Å². The molecule has 1 aromatic rings. The van der Waals surface area contributed by atoms with Crippen molar-refractivity contribution >= 4 is 5.91 Å². The fourth-order valence-corrected chi connectivity index (χ4v) is 3.49. The fraction of sp³-hybridized carbons (Fsp3) is 0.611. The lowest BCUT2D eigenvalue weighted by Crippen LogP contribution is -2.43. The highest BCUT2D eigenvalue weighted by Crippen LogP contribution is 2.33. The quantitative estimate of drug-likeness (QED) is 0.872. The molecule has 0 radical (unpaired) electrons. The molecule has 0 unspecified atom stereocenters. The molecule has 1 fully saturated rings. The molecule has 1 amide bonds. The van der Waals surface area contributed by atoms with Crippen LogP contribution in [-0.4, -0.2) is 36.0 Å². The Labute approximate surface area is 128 Å². The summed E-state index contributed by atoms with van der Waals surface area (Å²) in [7, 11) is 0. The molecule has 1 heterocycles. The van der Waals surface area contributed by atoms with Gasteiger partial charge in [-0.25, -0.2) is 0 Å². The third kappa shape index (κ3) is 4.31. The van der Waals surface area contributed by atoms with Gasteiger partial charge < -0.3 is 5.32 Å². The molecule has 2 atom stereocenters. The molecular formula is C18H28N2O. The van der Waals surface area contributed by atoms with Crippen LogP contribution in [0.4, 0.5) is 0 Å². The number of carbonyl (C=O) groups excluding carboxylic acids is 1. The molecule has 21 heavy (non-hydrogen) atoms. The summed E-state index contributed by atoms with van der Waals surface area (Å²) in [6.45, 7) is 7.85. The summed E-state index contributed by atoms with van der Waals surface area (Å²) in [5.74, 6) is 0.681. The van der Waals surface area contributed by atoms with E-state index in [-0.39, 0.29) is 11.9 Å². The Balaban J connectivity index is 2.04. The standard InChI is InChI=1S/C18H28N2O/c1-4-16(15-9-6-5-7-10-15)17-11-8-12-20(17)13-18(21)19-14(2)3/h5-7,9-10,14,16-17H,4,8,11-13H2,1-3H3,(H,19,21)/t16-,17-/m0/s1. The first-order chi connectivity index (χ1) is 10.1. The van der Waals surface area contributed by atoms with Gasteiger partial charge in [-0.15, -0.1) is 0 Å². The van der Waals surface area contributed by atoms with Crippen molar-refractivity contribution < 1.29 is 4.79 Å². The van der Waals surface area contributed by atoms with E-state index in [1.54, 1.807) is 0 Å². The number of likely N-dealkylation sites (tertiary alicyclic amines) is 1. The Hall–Kier alpha value is -1.35. The monoisotopic (exact) mass is 288 g/mol. The highest BCUT2D eigenvalue weighted by atomic mass is 16.2. The summed E-state index contributed by atoms with van der Waals surface area (Å²) >= 11 is 0. The van der Waals surface area contributed by atoms with Crippen molar-refractivity contribution in [2.45, 2.75) is 58.0 Å². The van der Waals surface area contributed by atoms with E-state index in [4.69, 9.17) is 0 Å². The van der Waals surface area contributed by atoms with Crippen LogP contribution in [-0.2, 0) is 4.79 Å². The number of nitrogens with one attached hydrogen (secondary N) is 1. The number of carbonyl (C=O) groups is 1. The van der Waals surface area contributed by atoms with Gasteiger partial charge in [0.2, 0.25) is 5.91 Å². The van der Waals surface area contributed by atoms with Crippen LogP contribution in [0.3, 0.4) is 0 Å². The van der Waals surface area contributed by atoms with Gasteiger partial charge in [-0.3, -0.25) is 9.69 Å². The molecule has 2 rings (SSSR count). The van der Waals surface area contributed by atoms with Gasteiger partial charge in [-0.05, 0) is 51.1 Å². The first-order valence-corrected chi connectivity index (χ1v) is 8.20. The summed E-state index contributed by atoms with van der Waals surface area (Å²) in [4.78, 5) is 14.4. The highest BCUT2D eigenvalue weighted by molar-refractivity contribution is 5.78. The minimum atomic E-state index is 0.153. The molecule has 0 aliphatic carbocycles. The average Bonchev–Trinajstić information content (AvgIpc) is 2.88. The maximum absolute atomic E-state index is 12.0. The molecule has 1 aliphatic rings. The zero-order valence-electron chi connectivity index (χ0n) is 13.5. The molecule has 1 N–H and O–H groups in total. The van der Waals surface area contributed by atoms with Crippen molar-refractivity contribution in [1.29, 1.82) is 0 Å². The van der Waals surface area contributed by atoms with Crippen molar-refractivity contribution in [3.05, 3.63) is 35.9 Å². The lowest BCUT2D eigenvalue weighted by Gasteiger charge is -2.31. The van der Waals surface area contributed by atoms with E-state index in [9.17, 15) is 4.79 Å². The third-order valence-corrected chi connectivity index (χ3v) is 4.34. The Morgan fingerprint density at radius 3 is 2.67 bits per heavy atom. The number of rotatable bonds is 6. The van der Waals surface area contributed by atoms with Crippen LogP contribution in [0.15, 0.2) is 30.3 Å². The summed E-state index contributed by atoms with van der Waals surface area (Å²) < 4.78 is 0. The Morgan fingerprint density at radius 1 is 1.33 bits per heavy atom. The van der Waals surface area contributed by atoms with Crippen LogP contribution < -0.4 is 5.32 Å². The van der Waals surface area contributed by atoms with E-state index in [0.29, 0.717) is 18.5 Å². The maximum atomic E-state index is 12.0. The van der Waals surface area contributed by atoms with Crippen molar-refractivity contribution in [1.82, 2.24) is 10.2 Å². The van der Waals surface area contributed by atoms with Gasteiger partial charge in [-0.2, -0.15) is 0 Å². The van der Waals surface area contributed by atoms with Gasteiger partial charge in [0.05, 0.1) is 6.54 Å². The van der Waals surface area contributed by atoms with E-state index in [1.807, 2.05) is 13.8 Å². The maximum Gasteiger partial charge on any atom is 0.234 e. The lowest BCUT2D eigenvalue weighted by molar-refractivity contribution is -0.123. The highest BCUT2D eigenvalue weighted by Gasteiger charge is 2.32. The van der Waals surface area contributed by atoms with Crippen LogP contribution in [0.2, 0.25) is 0 Å². The van der Waals surface area contributed by atoms with Gasteiger partial charge >= 0.3 is 0 Å². The zero-order chi connectivity index (χ0) is 15.2. The van der Waals surface area contributed by atoms with E-state index < -0.39 is 0 Å².